The summed E-state index contributed by atoms with van der Waals surface area (Å²) >= 11 is 0. The molecule has 0 radical (unpaired) electrons. The van der Waals surface area contributed by atoms with Crippen LogP contribution in [-0.4, -0.2) is 21.0 Å². The average molecular weight is 464 g/mol. The van der Waals surface area contributed by atoms with E-state index < -0.39 is 28.6 Å². The number of hydrogen-bond acceptors (Lipinski definition) is 4. The molecule has 1 N–H and O–H groups in total. The number of benzene rings is 3. The summed E-state index contributed by atoms with van der Waals surface area (Å²) in [4.78, 5) is 25.3. The molecule has 5 rings (SSSR count). The zero-order valence-corrected chi connectivity index (χ0v) is 17.3. The number of halogens is 3. The Morgan fingerprint density at radius 2 is 1.68 bits per heavy atom. The summed E-state index contributed by atoms with van der Waals surface area (Å²) in [6.07, 6.45) is -4.59. The third-order valence-electron chi connectivity index (χ3n) is 5.69. The number of nitro groups is 1. The Labute approximate surface area is 190 Å². The van der Waals surface area contributed by atoms with Crippen molar-refractivity contribution in [2.24, 2.45) is 0 Å². The maximum Gasteiger partial charge on any atom is 0.416 e. The van der Waals surface area contributed by atoms with Crippen molar-refractivity contribution in [2.45, 2.75) is 12.2 Å². The number of nitrogens with zero attached hydrogens (tertiary/aromatic N) is 3. The third-order valence-corrected chi connectivity index (χ3v) is 5.69. The monoisotopic (exact) mass is 464 g/mol. The van der Waals surface area contributed by atoms with Gasteiger partial charge in [0.25, 0.3) is 11.6 Å². The molecule has 1 aromatic heterocycles. The molecule has 0 spiro atoms. The standard InChI is InChI=1S/C24H15F3N4O3/c25-24(26,27)16-7-4-8-18(13-16)30-22(15-9-11-17(12-10-15)31(33)34)19-20(14-5-2-1-3-6-14)28-29-21(19)23(30)32/h1-13,22H,(H,28,29)/t22-/m1/s1. The molecule has 0 saturated carbocycles. The fraction of sp³-hybridized carbons (Fsp3) is 0.0833. The second-order valence-electron chi connectivity index (χ2n) is 7.70. The van der Waals surface area contributed by atoms with Crippen molar-refractivity contribution >= 4 is 17.3 Å². The van der Waals surface area contributed by atoms with Gasteiger partial charge < -0.3 is 0 Å². The highest BCUT2D eigenvalue weighted by atomic mass is 19.4. The van der Waals surface area contributed by atoms with Gasteiger partial charge in [0.05, 0.1) is 22.2 Å². The van der Waals surface area contributed by atoms with Gasteiger partial charge in [0.15, 0.2) is 0 Å². The molecular weight excluding hydrogens is 449 g/mol. The van der Waals surface area contributed by atoms with Crippen LogP contribution in [0, 0.1) is 10.1 Å². The van der Waals surface area contributed by atoms with E-state index >= 15 is 0 Å². The number of fused-ring (bicyclic) bond motifs is 1. The van der Waals surface area contributed by atoms with Crippen LogP contribution in [0.15, 0.2) is 78.9 Å². The number of H-pyrrole nitrogens is 1. The zero-order chi connectivity index (χ0) is 24.0. The van der Waals surface area contributed by atoms with E-state index in [9.17, 15) is 28.1 Å². The number of nitro benzene ring substituents is 1. The molecule has 3 aromatic carbocycles. The highest BCUT2D eigenvalue weighted by Gasteiger charge is 2.44. The molecule has 0 aliphatic carbocycles. The summed E-state index contributed by atoms with van der Waals surface area (Å²) < 4.78 is 40.2. The summed E-state index contributed by atoms with van der Waals surface area (Å²) in [6.45, 7) is 0. The molecule has 1 aliphatic heterocycles. The van der Waals surface area contributed by atoms with Crippen molar-refractivity contribution in [2.75, 3.05) is 4.90 Å². The maximum absolute atomic E-state index is 13.4. The number of amides is 1. The summed E-state index contributed by atoms with van der Waals surface area (Å²) in [7, 11) is 0. The lowest BCUT2D eigenvalue weighted by atomic mass is 9.95. The van der Waals surface area contributed by atoms with Gasteiger partial charge in [-0.25, -0.2) is 0 Å². The van der Waals surface area contributed by atoms with E-state index in [1.807, 2.05) is 6.07 Å². The predicted molar refractivity (Wildman–Crippen MR) is 117 cm³/mol. The molecule has 1 aliphatic rings. The molecule has 1 amide bonds. The molecule has 170 valence electrons. The highest BCUT2D eigenvalue weighted by molar-refractivity contribution is 6.11. The zero-order valence-electron chi connectivity index (χ0n) is 17.3. The largest absolute Gasteiger partial charge is 0.416 e. The van der Waals surface area contributed by atoms with Gasteiger partial charge in [-0.2, -0.15) is 18.3 Å². The molecule has 2 heterocycles. The lowest BCUT2D eigenvalue weighted by Crippen LogP contribution is -2.29. The highest BCUT2D eigenvalue weighted by Crippen LogP contribution is 2.46. The molecule has 34 heavy (non-hydrogen) atoms. The quantitative estimate of drug-likeness (QED) is 0.307. The predicted octanol–water partition coefficient (Wildman–Crippen LogP) is 5.75. The van der Waals surface area contributed by atoms with Crippen LogP contribution < -0.4 is 4.90 Å². The Morgan fingerprint density at radius 3 is 2.32 bits per heavy atom. The first-order valence-corrected chi connectivity index (χ1v) is 10.1. The van der Waals surface area contributed by atoms with Gasteiger partial charge >= 0.3 is 6.18 Å². The Balaban J connectivity index is 1.71. The van der Waals surface area contributed by atoms with Crippen LogP contribution in [0.4, 0.5) is 24.5 Å². The van der Waals surface area contributed by atoms with Crippen LogP contribution in [0.5, 0.6) is 0 Å². The minimum atomic E-state index is -4.59. The van der Waals surface area contributed by atoms with Crippen molar-refractivity contribution < 1.29 is 22.9 Å². The van der Waals surface area contributed by atoms with Crippen molar-refractivity contribution in [1.29, 1.82) is 0 Å². The molecule has 0 fully saturated rings. The number of aromatic nitrogens is 2. The van der Waals surface area contributed by atoms with Crippen molar-refractivity contribution in [3.8, 4) is 11.3 Å². The van der Waals surface area contributed by atoms with E-state index in [1.54, 1.807) is 24.3 Å². The fourth-order valence-corrected chi connectivity index (χ4v) is 4.16. The van der Waals surface area contributed by atoms with E-state index in [0.717, 1.165) is 12.1 Å². The van der Waals surface area contributed by atoms with Crippen molar-refractivity contribution in [1.82, 2.24) is 10.2 Å². The summed E-state index contributed by atoms with van der Waals surface area (Å²) in [5.74, 6) is -0.549. The molecule has 0 bridgehead atoms. The number of carbonyl (C=O) groups excluding carboxylic acids is 1. The number of anilines is 1. The summed E-state index contributed by atoms with van der Waals surface area (Å²) in [5, 5.41) is 18.2. The number of rotatable bonds is 4. The second kappa shape index (κ2) is 7.84. The number of nitrogens with one attached hydrogen (secondary N) is 1. The Morgan fingerprint density at radius 1 is 0.971 bits per heavy atom. The van der Waals surface area contributed by atoms with Crippen LogP contribution in [0.1, 0.15) is 33.2 Å². The minimum Gasteiger partial charge on any atom is -0.295 e. The van der Waals surface area contributed by atoms with Gasteiger partial charge in [-0.15, -0.1) is 0 Å². The molecule has 0 unspecified atom stereocenters. The van der Waals surface area contributed by atoms with Gasteiger partial charge in [0.2, 0.25) is 0 Å². The number of non-ortho nitro benzene ring substituents is 1. The van der Waals surface area contributed by atoms with Crippen LogP contribution in [0.3, 0.4) is 0 Å². The van der Waals surface area contributed by atoms with Crippen LogP contribution >= 0.6 is 0 Å². The van der Waals surface area contributed by atoms with Crippen molar-refractivity contribution in [3.63, 3.8) is 0 Å². The molecule has 7 nitrogen and oxygen atoms in total. The lowest BCUT2D eigenvalue weighted by Gasteiger charge is -2.27. The molecule has 4 aromatic rings. The van der Waals surface area contributed by atoms with E-state index in [0.29, 0.717) is 22.4 Å². The smallest absolute Gasteiger partial charge is 0.295 e. The van der Waals surface area contributed by atoms with Gasteiger partial charge in [-0.3, -0.25) is 24.9 Å². The number of carbonyl (C=O) groups is 1. The van der Waals surface area contributed by atoms with Gasteiger partial charge in [-0.05, 0) is 35.9 Å². The molecule has 0 saturated heterocycles. The average Bonchev–Trinajstić information content (AvgIpc) is 3.38. The normalized spacial score (nSPS) is 15.4. The van der Waals surface area contributed by atoms with Crippen LogP contribution in [0.25, 0.3) is 11.3 Å². The lowest BCUT2D eigenvalue weighted by molar-refractivity contribution is -0.384. The first kappa shape index (κ1) is 21.4. The maximum atomic E-state index is 13.4. The molecule has 1 atom stereocenters. The van der Waals surface area contributed by atoms with E-state index in [4.69, 9.17) is 0 Å². The summed E-state index contributed by atoms with van der Waals surface area (Å²) in [6, 6.07) is 18.3. The first-order chi connectivity index (χ1) is 16.3. The van der Waals surface area contributed by atoms with E-state index in [-0.39, 0.29) is 17.1 Å². The topological polar surface area (TPSA) is 92.1 Å². The number of alkyl halides is 3. The van der Waals surface area contributed by atoms with E-state index in [2.05, 4.69) is 10.2 Å². The van der Waals surface area contributed by atoms with Crippen molar-refractivity contribution in [3.05, 3.63) is 111 Å². The number of aromatic amines is 1. The molecular formula is C24H15F3N4O3. The third kappa shape index (κ3) is 3.49. The Hall–Kier alpha value is -4.47. The summed E-state index contributed by atoms with van der Waals surface area (Å²) in [5.41, 5.74) is 1.33. The number of hydrogen-bond donors (Lipinski definition) is 1. The van der Waals surface area contributed by atoms with Gasteiger partial charge in [-0.1, -0.05) is 36.4 Å². The molecule has 10 heteroatoms. The van der Waals surface area contributed by atoms with Gasteiger partial charge in [0, 0.05) is 28.9 Å². The Bertz CT molecular complexity index is 1400. The first-order valence-electron chi connectivity index (χ1n) is 10.1. The van der Waals surface area contributed by atoms with Crippen LogP contribution in [0.2, 0.25) is 0 Å². The van der Waals surface area contributed by atoms with Gasteiger partial charge in [0.1, 0.15) is 5.69 Å². The van der Waals surface area contributed by atoms with E-state index in [1.165, 1.54) is 41.3 Å². The fourth-order valence-electron chi connectivity index (χ4n) is 4.16. The van der Waals surface area contributed by atoms with Crippen LogP contribution in [-0.2, 0) is 6.18 Å². The second-order valence-corrected chi connectivity index (χ2v) is 7.70. The Kier molecular flexibility index (Phi) is 4.93. The SMILES string of the molecule is O=C1c2[nH]nc(-c3ccccc3)c2[C@@H](c2ccc([N+](=O)[O-])cc2)N1c1cccc(C(F)(F)F)c1. The minimum absolute atomic E-state index is 0.0480.